The number of benzene rings is 1. The van der Waals surface area contributed by atoms with E-state index in [0.29, 0.717) is 0 Å². The van der Waals surface area contributed by atoms with Gasteiger partial charge in [-0.3, -0.25) is 4.79 Å². The Balaban J connectivity index is 2.36. The second-order valence-electron chi connectivity index (χ2n) is 4.39. The smallest absolute Gasteiger partial charge is 0.151 e. The molecule has 1 aromatic carbocycles. The maximum absolute atomic E-state index is 11.1. The van der Waals surface area contributed by atoms with Crippen molar-refractivity contribution >= 4 is 18.0 Å². The highest BCUT2D eigenvalue weighted by Crippen LogP contribution is 2.29. The molecule has 92 valence electrons. The van der Waals surface area contributed by atoms with Crippen LogP contribution in [0.15, 0.2) is 40.3 Å². The Morgan fingerprint density at radius 3 is 2.50 bits per heavy atom. The van der Waals surface area contributed by atoms with Gasteiger partial charge in [-0.05, 0) is 50.6 Å². The number of pyridine rings is 1. The zero-order valence-corrected chi connectivity index (χ0v) is 11.5. The summed E-state index contributed by atoms with van der Waals surface area (Å²) in [4.78, 5) is 16.5. The molecule has 1 heterocycles. The number of hydrogen-bond donors (Lipinski definition) is 0. The van der Waals surface area contributed by atoms with Crippen molar-refractivity contribution < 1.29 is 4.79 Å². The van der Waals surface area contributed by atoms with Crippen molar-refractivity contribution in [3.05, 3.63) is 52.7 Å². The maximum atomic E-state index is 11.1. The number of carbonyl (C=O) groups excluding carboxylic acids is 1. The lowest BCUT2D eigenvalue weighted by atomic mass is 10.2. The van der Waals surface area contributed by atoms with Crippen LogP contribution in [-0.2, 0) is 0 Å². The van der Waals surface area contributed by atoms with Crippen LogP contribution in [0.5, 0.6) is 0 Å². The molecule has 0 saturated carbocycles. The Morgan fingerprint density at radius 1 is 1.06 bits per heavy atom. The van der Waals surface area contributed by atoms with Crippen molar-refractivity contribution in [1.82, 2.24) is 4.98 Å². The number of aromatic nitrogens is 1. The van der Waals surface area contributed by atoms with Crippen LogP contribution in [0.1, 0.15) is 27.2 Å². The molecule has 3 heteroatoms. The van der Waals surface area contributed by atoms with E-state index in [1.54, 1.807) is 0 Å². The first-order valence-corrected chi connectivity index (χ1v) is 6.59. The van der Waals surface area contributed by atoms with E-state index in [0.717, 1.165) is 33.0 Å². The second kappa shape index (κ2) is 5.36. The van der Waals surface area contributed by atoms with Gasteiger partial charge in [0.25, 0.3) is 0 Å². The fourth-order valence-corrected chi connectivity index (χ4v) is 2.84. The van der Waals surface area contributed by atoms with E-state index in [1.807, 2.05) is 44.2 Å². The summed E-state index contributed by atoms with van der Waals surface area (Å²) in [7, 11) is 0. The fourth-order valence-electron chi connectivity index (χ4n) is 1.82. The predicted molar refractivity (Wildman–Crippen MR) is 74.4 cm³/mol. The van der Waals surface area contributed by atoms with Crippen molar-refractivity contribution in [2.75, 3.05) is 0 Å². The van der Waals surface area contributed by atoms with E-state index < -0.39 is 0 Å². The SMILES string of the molecule is Cc1cc(C)nc(Sc2ccc(C)cc2C=O)c1. The van der Waals surface area contributed by atoms with Gasteiger partial charge in [0.1, 0.15) is 5.03 Å². The molecule has 0 amide bonds. The van der Waals surface area contributed by atoms with Gasteiger partial charge < -0.3 is 0 Å². The Hall–Kier alpha value is -1.61. The Kier molecular flexibility index (Phi) is 3.82. The summed E-state index contributed by atoms with van der Waals surface area (Å²) in [5, 5.41) is 0.930. The molecule has 2 nitrogen and oxygen atoms in total. The molecule has 0 bridgehead atoms. The topological polar surface area (TPSA) is 30.0 Å². The van der Waals surface area contributed by atoms with Crippen LogP contribution in [0.2, 0.25) is 0 Å². The first-order valence-electron chi connectivity index (χ1n) is 5.77. The standard InChI is InChI=1S/C15H15NOS/c1-10-4-5-14(13(7-10)9-17)18-15-8-11(2)6-12(3)16-15/h4-9H,1-3H3. The molecular formula is C15H15NOS. The highest BCUT2D eigenvalue weighted by atomic mass is 32.2. The molecule has 0 unspecified atom stereocenters. The average molecular weight is 257 g/mol. The van der Waals surface area contributed by atoms with Crippen molar-refractivity contribution in [3.63, 3.8) is 0 Å². The molecule has 18 heavy (non-hydrogen) atoms. The molecule has 2 rings (SSSR count). The Labute approximate surface area is 111 Å². The zero-order chi connectivity index (χ0) is 13.1. The van der Waals surface area contributed by atoms with Crippen LogP contribution in [0.3, 0.4) is 0 Å². The van der Waals surface area contributed by atoms with Crippen LogP contribution in [0.25, 0.3) is 0 Å². The maximum Gasteiger partial charge on any atom is 0.151 e. The number of rotatable bonds is 3. The Bertz CT molecular complexity index is 573. The number of aryl methyl sites for hydroxylation is 3. The summed E-state index contributed by atoms with van der Waals surface area (Å²) >= 11 is 1.53. The van der Waals surface area contributed by atoms with Gasteiger partial charge in [0, 0.05) is 16.2 Å². The lowest BCUT2D eigenvalue weighted by Crippen LogP contribution is -1.90. The summed E-state index contributed by atoms with van der Waals surface area (Å²) in [5.74, 6) is 0. The monoisotopic (exact) mass is 257 g/mol. The van der Waals surface area contributed by atoms with E-state index in [4.69, 9.17) is 0 Å². The molecule has 0 fully saturated rings. The summed E-state index contributed by atoms with van der Waals surface area (Å²) in [6, 6.07) is 9.96. The van der Waals surface area contributed by atoms with Crippen molar-refractivity contribution in [3.8, 4) is 0 Å². The number of nitrogens with zero attached hydrogens (tertiary/aromatic N) is 1. The van der Waals surface area contributed by atoms with Crippen LogP contribution >= 0.6 is 11.8 Å². The molecular weight excluding hydrogens is 242 g/mol. The highest BCUT2D eigenvalue weighted by Gasteiger charge is 2.06. The third-order valence-electron chi connectivity index (χ3n) is 2.58. The van der Waals surface area contributed by atoms with Gasteiger partial charge in [-0.25, -0.2) is 4.98 Å². The highest BCUT2D eigenvalue weighted by molar-refractivity contribution is 7.99. The molecule has 0 aliphatic carbocycles. The minimum atomic E-state index is 0.723. The van der Waals surface area contributed by atoms with Gasteiger partial charge in [-0.1, -0.05) is 23.4 Å². The summed E-state index contributed by atoms with van der Waals surface area (Å²) in [5.41, 5.74) is 4.00. The van der Waals surface area contributed by atoms with Crippen molar-refractivity contribution in [1.29, 1.82) is 0 Å². The number of aldehydes is 1. The zero-order valence-electron chi connectivity index (χ0n) is 10.7. The summed E-state index contributed by atoms with van der Waals surface area (Å²) in [6.07, 6.45) is 0.901. The first kappa shape index (κ1) is 12.8. The third-order valence-corrected chi connectivity index (χ3v) is 3.59. The van der Waals surface area contributed by atoms with E-state index in [-0.39, 0.29) is 0 Å². The quantitative estimate of drug-likeness (QED) is 0.779. The third kappa shape index (κ3) is 2.99. The van der Waals surface area contributed by atoms with Gasteiger partial charge in [-0.15, -0.1) is 0 Å². The molecule has 2 aromatic rings. The van der Waals surface area contributed by atoms with Crippen LogP contribution < -0.4 is 0 Å². The lowest BCUT2D eigenvalue weighted by Gasteiger charge is -2.06. The normalized spacial score (nSPS) is 10.4. The van der Waals surface area contributed by atoms with Crippen LogP contribution in [-0.4, -0.2) is 11.3 Å². The molecule has 0 spiro atoms. The Morgan fingerprint density at radius 2 is 1.83 bits per heavy atom. The van der Waals surface area contributed by atoms with E-state index in [1.165, 1.54) is 17.3 Å². The lowest BCUT2D eigenvalue weighted by molar-refractivity contribution is 0.112. The molecule has 0 atom stereocenters. The largest absolute Gasteiger partial charge is 0.298 e. The van der Waals surface area contributed by atoms with E-state index >= 15 is 0 Å². The minimum Gasteiger partial charge on any atom is -0.298 e. The average Bonchev–Trinajstić information content (AvgIpc) is 2.30. The van der Waals surface area contributed by atoms with E-state index in [2.05, 4.69) is 11.9 Å². The fraction of sp³-hybridized carbons (Fsp3) is 0.200. The molecule has 1 aromatic heterocycles. The first-order chi connectivity index (χ1) is 8.58. The predicted octanol–water partition coefficient (Wildman–Crippen LogP) is 3.97. The van der Waals surface area contributed by atoms with Crippen LogP contribution in [0.4, 0.5) is 0 Å². The summed E-state index contributed by atoms with van der Waals surface area (Å²) < 4.78 is 0. The van der Waals surface area contributed by atoms with Gasteiger partial charge in [-0.2, -0.15) is 0 Å². The van der Waals surface area contributed by atoms with Gasteiger partial charge in [0.05, 0.1) is 0 Å². The molecule has 0 aliphatic heterocycles. The second-order valence-corrected chi connectivity index (χ2v) is 5.45. The number of carbonyl (C=O) groups is 1. The minimum absolute atomic E-state index is 0.723. The molecule has 0 radical (unpaired) electrons. The van der Waals surface area contributed by atoms with Crippen molar-refractivity contribution in [2.24, 2.45) is 0 Å². The van der Waals surface area contributed by atoms with Crippen molar-refractivity contribution in [2.45, 2.75) is 30.7 Å². The number of hydrogen-bond acceptors (Lipinski definition) is 3. The van der Waals surface area contributed by atoms with Gasteiger partial charge in [0.2, 0.25) is 0 Å². The van der Waals surface area contributed by atoms with Gasteiger partial charge >= 0.3 is 0 Å². The van der Waals surface area contributed by atoms with Gasteiger partial charge in [0.15, 0.2) is 6.29 Å². The molecule has 0 N–H and O–H groups in total. The molecule has 0 saturated heterocycles. The molecule has 0 aliphatic rings. The van der Waals surface area contributed by atoms with Crippen LogP contribution in [0, 0.1) is 20.8 Å². The summed E-state index contributed by atoms with van der Waals surface area (Å²) in [6.45, 7) is 6.01. The van der Waals surface area contributed by atoms with E-state index in [9.17, 15) is 4.79 Å².